The maximum atomic E-state index is 11.0. The predicted molar refractivity (Wildman–Crippen MR) is 47.8 cm³/mol. The Bertz CT molecular complexity index is 135. The lowest BCUT2D eigenvalue weighted by Crippen LogP contribution is -2.39. The van der Waals surface area contributed by atoms with E-state index in [0.717, 1.165) is 0 Å². The summed E-state index contributed by atoms with van der Waals surface area (Å²) in [7, 11) is 0. The van der Waals surface area contributed by atoms with Gasteiger partial charge in [0, 0.05) is 12.6 Å². The van der Waals surface area contributed by atoms with Crippen LogP contribution < -0.4 is 10.6 Å². The molecule has 0 fully saturated rings. The average molecular weight is 174 g/mol. The van der Waals surface area contributed by atoms with Gasteiger partial charge in [0.2, 0.25) is 5.91 Å². The molecule has 1 atom stereocenters. The molecule has 0 radical (unpaired) electrons. The summed E-state index contributed by atoms with van der Waals surface area (Å²) in [4.78, 5) is 11.0. The number of carbonyl (C=O) groups excluding carboxylic acids is 1. The number of rotatable bonds is 5. The normalized spacial score (nSPS) is 13.1. The van der Waals surface area contributed by atoms with Crippen molar-refractivity contribution in [2.45, 2.75) is 32.9 Å². The molecule has 0 unspecified atom stereocenters. The summed E-state index contributed by atoms with van der Waals surface area (Å²) in [5, 5.41) is 14.4. The van der Waals surface area contributed by atoms with Crippen molar-refractivity contribution in [2.75, 3.05) is 13.1 Å². The second kappa shape index (κ2) is 5.97. The molecule has 72 valence electrons. The van der Waals surface area contributed by atoms with Gasteiger partial charge in [0.25, 0.3) is 0 Å². The van der Waals surface area contributed by atoms with Gasteiger partial charge in [0.05, 0.1) is 12.6 Å². The fourth-order valence-electron chi connectivity index (χ4n) is 0.768. The lowest BCUT2D eigenvalue weighted by molar-refractivity contribution is -0.120. The Morgan fingerprint density at radius 3 is 2.42 bits per heavy atom. The molecule has 3 N–H and O–H groups in total. The zero-order valence-electron chi connectivity index (χ0n) is 7.92. The molecule has 0 aliphatic heterocycles. The Kier molecular flexibility index (Phi) is 5.66. The van der Waals surface area contributed by atoms with Gasteiger partial charge in [0.15, 0.2) is 0 Å². The molecule has 0 aromatic carbocycles. The Balaban J connectivity index is 3.32. The van der Waals surface area contributed by atoms with Crippen LogP contribution in [0.5, 0.6) is 0 Å². The zero-order chi connectivity index (χ0) is 9.56. The number of hydrogen-bond acceptors (Lipinski definition) is 3. The third-order valence-corrected chi connectivity index (χ3v) is 1.17. The number of hydrogen-bond donors (Lipinski definition) is 3. The highest BCUT2D eigenvalue weighted by Crippen LogP contribution is 1.77. The van der Waals surface area contributed by atoms with Crippen LogP contribution in [0, 0.1) is 0 Å². The highest BCUT2D eigenvalue weighted by atomic mass is 16.3. The van der Waals surface area contributed by atoms with E-state index in [0.29, 0.717) is 6.54 Å². The SMILES string of the molecule is CC(C)NC(=O)CNC[C@H](C)O. The summed E-state index contributed by atoms with van der Waals surface area (Å²) in [6.45, 7) is 6.21. The fraction of sp³-hybridized carbons (Fsp3) is 0.875. The Morgan fingerprint density at radius 2 is 2.00 bits per heavy atom. The first-order valence-electron chi connectivity index (χ1n) is 4.20. The highest BCUT2D eigenvalue weighted by molar-refractivity contribution is 5.78. The van der Waals surface area contributed by atoms with Crippen LogP contribution in [0.1, 0.15) is 20.8 Å². The lowest BCUT2D eigenvalue weighted by atomic mass is 10.3. The van der Waals surface area contributed by atoms with Gasteiger partial charge in [-0.2, -0.15) is 0 Å². The first-order chi connectivity index (χ1) is 5.52. The summed E-state index contributed by atoms with van der Waals surface area (Å²) in [5.74, 6) is -0.0364. The maximum Gasteiger partial charge on any atom is 0.234 e. The van der Waals surface area contributed by atoms with E-state index in [-0.39, 0.29) is 18.5 Å². The van der Waals surface area contributed by atoms with Crippen molar-refractivity contribution in [2.24, 2.45) is 0 Å². The van der Waals surface area contributed by atoms with Crippen molar-refractivity contribution in [1.82, 2.24) is 10.6 Å². The molecule has 0 bridgehead atoms. The van der Waals surface area contributed by atoms with Gasteiger partial charge in [-0.25, -0.2) is 0 Å². The number of aliphatic hydroxyl groups is 1. The molecule has 0 aliphatic carbocycles. The summed E-state index contributed by atoms with van der Waals surface area (Å²) >= 11 is 0. The van der Waals surface area contributed by atoms with Gasteiger partial charge >= 0.3 is 0 Å². The van der Waals surface area contributed by atoms with E-state index in [1.807, 2.05) is 13.8 Å². The Morgan fingerprint density at radius 1 is 1.42 bits per heavy atom. The molecule has 0 saturated heterocycles. The standard InChI is InChI=1S/C8H18N2O2/c1-6(2)10-8(12)5-9-4-7(3)11/h6-7,9,11H,4-5H2,1-3H3,(H,10,12)/t7-/m0/s1. The molecule has 0 saturated carbocycles. The summed E-state index contributed by atoms with van der Waals surface area (Å²) < 4.78 is 0. The smallest absolute Gasteiger partial charge is 0.234 e. The number of aliphatic hydroxyl groups excluding tert-OH is 1. The maximum absolute atomic E-state index is 11.0. The third kappa shape index (κ3) is 7.50. The second-order valence-electron chi connectivity index (χ2n) is 3.20. The molecule has 0 aliphatic rings. The largest absolute Gasteiger partial charge is 0.392 e. The van der Waals surface area contributed by atoms with Gasteiger partial charge in [-0.15, -0.1) is 0 Å². The predicted octanol–water partition coefficient (Wildman–Crippen LogP) is -0.519. The summed E-state index contributed by atoms with van der Waals surface area (Å²) in [6.07, 6.45) is -0.406. The van der Waals surface area contributed by atoms with Gasteiger partial charge in [-0.05, 0) is 20.8 Å². The molecule has 0 aromatic rings. The van der Waals surface area contributed by atoms with Crippen molar-refractivity contribution in [1.29, 1.82) is 0 Å². The topological polar surface area (TPSA) is 61.4 Å². The van der Waals surface area contributed by atoms with Crippen LogP contribution in [0.15, 0.2) is 0 Å². The van der Waals surface area contributed by atoms with Gasteiger partial charge in [-0.1, -0.05) is 0 Å². The molecule has 0 rings (SSSR count). The Hall–Kier alpha value is -0.610. The molecule has 12 heavy (non-hydrogen) atoms. The number of nitrogens with one attached hydrogen (secondary N) is 2. The van der Waals surface area contributed by atoms with Crippen molar-refractivity contribution in [3.63, 3.8) is 0 Å². The van der Waals surface area contributed by atoms with Gasteiger partial charge < -0.3 is 15.7 Å². The molecule has 0 aromatic heterocycles. The molecule has 4 heteroatoms. The van der Waals surface area contributed by atoms with Gasteiger partial charge in [0.1, 0.15) is 0 Å². The number of amides is 1. The van der Waals surface area contributed by atoms with Gasteiger partial charge in [-0.3, -0.25) is 4.79 Å². The van der Waals surface area contributed by atoms with Crippen LogP contribution >= 0.6 is 0 Å². The van der Waals surface area contributed by atoms with Crippen LogP contribution in [0.2, 0.25) is 0 Å². The summed E-state index contributed by atoms with van der Waals surface area (Å²) in [5.41, 5.74) is 0. The van der Waals surface area contributed by atoms with E-state index in [1.165, 1.54) is 0 Å². The number of carbonyl (C=O) groups is 1. The lowest BCUT2D eigenvalue weighted by Gasteiger charge is -2.09. The first kappa shape index (κ1) is 11.4. The molecule has 0 spiro atoms. The van der Waals surface area contributed by atoms with E-state index >= 15 is 0 Å². The minimum absolute atomic E-state index is 0.0364. The third-order valence-electron chi connectivity index (χ3n) is 1.17. The van der Waals surface area contributed by atoms with Crippen LogP contribution in [0.3, 0.4) is 0 Å². The van der Waals surface area contributed by atoms with E-state index in [4.69, 9.17) is 5.11 Å². The van der Waals surface area contributed by atoms with Crippen LogP contribution in [0.25, 0.3) is 0 Å². The van der Waals surface area contributed by atoms with E-state index in [1.54, 1.807) is 6.92 Å². The first-order valence-corrected chi connectivity index (χ1v) is 4.20. The van der Waals surface area contributed by atoms with Crippen molar-refractivity contribution in [3.8, 4) is 0 Å². The second-order valence-corrected chi connectivity index (χ2v) is 3.20. The van der Waals surface area contributed by atoms with Crippen LogP contribution in [-0.4, -0.2) is 36.2 Å². The van der Waals surface area contributed by atoms with Crippen LogP contribution in [0.4, 0.5) is 0 Å². The quantitative estimate of drug-likeness (QED) is 0.525. The fourth-order valence-corrected chi connectivity index (χ4v) is 0.768. The Labute approximate surface area is 73.3 Å². The van der Waals surface area contributed by atoms with Crippen molar-refractivity contribution < 1.29 is 9.90 Å². The molecule has 1 amide bonds. The summed E-state index contributed by atoms with van der Waals surface area (Å²) in [6, 6.07) is 0.172. The molecular formula is C8H18N2O2. The molecule has 4 nitrogen and oxygen atoms in total. The highest BCUT2D eigenvalue weighted by Gasteiger charge is 2.02. The van der Waals surface area contributed by atoms with Crippen LogP contribution in [-0.2, 0) is 4.79 Å². The van der Waals surface area contributed by atoms with E-state index in [2.05, 4.69) is 10.6 Å². The molecular weight excluding hydrogens is 156 g/mol. The monoisotopic (exact) mass is 174 g/mol. The minimum Gasteiger partial charge on any atom is -0.392 e. The minimum atomic E-state index is -0.406. The average Bonchev–Trinajstić information content (AvgIpc) is 1.84. The zero-order valence-corrected chi connectivity index (χ0v) is 7.92. The van der Waals surface area contributed by atoms with E-state index in [9.17, 15) is 4.79 Å². The van der Waals surface area contributed by atoms with Crippen molar-refractivity contribution >= 4 is 5.91 Å². The van der Waals surface area contributed by atoms with Crippen molar-refractivity contribution in [3.05, 3.63) is 0 Å². The van der Waals surface area contributed by atoms with E-state index < -0.39 is 6.10 Å². The molecule has 0 heterocycles.